The van der Waals surface area contributed by atoms with Gasteiger partial charge >= 0.3 is 0 Å². The molecule has 0 rings (SSSR count). The standard InChI is InChI=1S/C11H22N2O/c1-7-9(14)13-11(4,5)8-10(2,3)12-6/h7,12H,1,8H2,2-6H3,(H,13,14). The van der Waals surface area contributed by atoms with Crippen molar-refractivity contribution in [3.8, 4) is 0 Å². The highest BCUT2D eigenvalue weighted by molar-refractivity contribution is 5.87. The van der Waals surface area contributed by atoms with Gasteiger partial charge in [-0.05, 0) is 47.2 Å². The predicted molar refractivity (Wildman–Crippen MR) is 60.2 cm³/mol. The van der Waals surface area contributed by atoms with E-state index in [9.17, 15) is 4.79 Å². The molecule has 0 aromatic carbocycles. The number of nitrogens with one attached hydrogen (secondary N) is 2. The summed E-state index contributed by atoms with van der Waals surface area (Å²) in [5, 5.41) is 6.11. The number of rotatable bonds is 5. The Morgan fingerprint density at radius 3 is 2.14 bits per heavy atom. The quantitative estimate of drug-likeness (QED) is 0.657. The van der Waals surface area contributed by atoms with Crippen LogP contribution in [-0.2, 0) is 4.79 Å². The van der Waals surface area contributed by atoms with Gasteiger partial charge in [0.1, 0.15) is 0 Å². The minimum atomic E-state index is -0.224. The van der Waals surface area contributed by atoms with Crippen molar-refractivity contribution in [1.29, 1.82) is 0 Å². The van der Waals surface area contributed by atoms with Crippen LogP contribution in [0.4, 0.5) is 0 Å². The van der Waals surface area contributed by atoms with Crippen LogP contribution in [0.3, 0.4) is 0 Å². The van der Waals surface area contributed by atoms with Crippen LogP contribution in [0.5, 0.6) is 0 Å². The van der Waals surface area contributed by atoms with Crippen LogP contribution in [0.15, 0.2) is 12.7 Å². The number of hydrogen-bond donors (Lipinski definition) is 2. The number of hydrogen-bond acceptors (Lipinski definition) is 2. The molecule has 0 aliphatic rings. The molecule has 2 N–H and O–H groups in total. The van der Waals surface area contributed by atoms with Gasteiger partial charge in [-0.25, -0.2) is 0 Å². The summed E-state index contributed by atoms with van der Waals surface area (Å²) in [6.07, 6.45) is 2.16. The lowest BCUT2D eigenvalue weighted by molar-refractivity contribution is -0.118. The van der Waals surface area contributed by atoms with Gasteiger partial charge in [0.2, 0.25) is 5.91 Å². The molecular formula is C11H22N2O. The molecule has 0 atom stereocenters. The zero-order chi connectivity index (χ0) is 11.4. The highest BCUT2D eigenvalue weighted by Gasteiger charge is 2.28. The molecule has 0 unspecified atom stereocenters. The van der Waals surface area contributed by atoms with E-state index in [0.717, 1.165) is 6.42 Å². The Bertz CT molecular complexity index is 219. The summed E-state index contributed by atoms with van der Waals surface area (Å²) >= 11 is 0. The molecular weight excluding hydrogens is 176 g/mol. The minimum Gasteiger partial charge on any atom is -0.348 e. The van der Waals surface area contributed by atoms with E-state index < -0.39 is 0 Å². The van der Waals surface area contributed by atoms with Gasteiger partial charge in [0.05, 0.1) is 0 Å². The first-order valence-electron chi connectivity index (χ1n) is 4.86. The molecule has 0 heterocycles. The molecule has 0 aliphatic heterocycles. The zero-order valence-corrected chi connectivity index (χ0v) is 9.90. The Morgan fingerprint density at radius 1 is 1.29 bits per heavy atom. The second kappa shape index (κ2) is 4.60. The molecule has 1 amide bonds. The van der Waals surface area contributed by atoms with Gasteiger partial charge < -0.3 is 10.6 Å². The van der Waals surface area contributed by atoms with Crippen molar-refractivity contribution >= 4 is 5.91 Å². The first-order chi connectivity index (χ1) is 6.22. The van der Waals surface area contributed by atoms with E-state index >= 15 is 0 Å². The molecule has 0 aromatic rings. The lowest BCUT2D eigenvalue weighted by Gasteiger charge is -2.35. The Labute approximate surface area is 87.0 Å². The summed E-state index contributed by atoms with van der Waals surface area (Å²) in [7, 11) is 1.92. The highest BCUT2D eigenvalue weighted by Crippen LogP contribution is 2.19. The molecule has 0 bridgehead atoms. The summed E-state index contributed by atoms with van der Waals surface area (Å²) in [6, 6.07) is 0. The fraction of sp³-hybridized carbons (Fsp3) is 0.727. The number of carbonyl (C=O) groups excluding carboxylic acids is 1. The van der Waals surface area contributed by atoms with Crippen molar-refractivity contribution in [1.82, 2.24) is 10.6 Å². The van der Waals surface area contributed by atoms with Gasteiger partial charge in [0, 0.05) is 11.1 Å². The van der Waals surface area contributed by atoms with Crippen LogP contribution in [0.25, 0.3) is 0 Å². The summed E-state index contributed by atoms with van der Waals surface area (Å²) in [4.78, 5) is 11.2. The Kier molecular flexibility index (Phi) is 4.33. The zero-order valence-electron chi connectivity index (χ0n) is 9.90. The van der Waals surface area contributed by atoms with E-state index in [1.165, 1.54) is 6.08 Å². The maximum absolute atomic E-state index is 11.2. The normalized spacial score (nSPS) is 12.4. The monoisotopic (exact) mass is 198 g/mol. The smallest absolute Gasteiger partial charge is 0.243 e. The van der Waals surface area contributed by atoms with Crippen LogP contribution in [0.2, 0.25) is 0 Å². The van der Waals surface area contributed by atoms with Crippen molar-refractivity contribution in [2.45, 2.75) is 45.2 Å². The van der Waals surface area contributed by atoms with E-state index in [2.05, 4.69) is 31.1 Å². The minimum absolute atomic E-state index is 0.0119. The Hall–Kier alpha value is -0.830. The largest absolute Gasteiger partial charge is 0.348 e. The van der Waals surface area contributed by atoms with E-state index in [-0.39, 0.29) is 17.0 Å². The summed E-state index contributed by atoms with van der Waals surface area (Å²) in [5.74, 6) is -0.123. The second-order valence-corrected chi connectivity index (χ2v) is 4.89. The SMILES string of the molecule is C=CC(=O)NC(C)(C)CC(C)(C)NC. The topological polar surface area (TPSA) is 41.1 Å². The predicted octanol–water partition coefficient (Wildman–Crippen LogP) is 1.46. The molecule has 3 nitrogen and oxygen atoms in total. The van der Waals surface area contributed by atoms with Gasteiger partial charge in [-0.15, -0.1) is 0 Å². The third-order valence-corrected chi connectivity index (χ3v) is 2.21. The van der Waals surface area contributed by atoms with Crippen LogP contribution >= 0.6 is 0 Å². The van der Waals surface area contributed by atoms with Crippen molar-refractivity contribution in [2.75, 3.05) is 7.05 Å². The molecule has 0 radical (unpaired) electrons. The molecule has 0 saturated carbocycles. The first-order valence-corrected chi connectivity index (χ1v) is 4.86. The number of carbonyl (C=O) groups is 1. The van der Waals surface area contributed by atoms with Crippen molar-refractivity contribution < 1.29 is 4.79 Å². The number of amides is 1. The molecule has 3 heteroatoms. The highest BCUT2D eigenvalue weighted by atomic mass is 16.1. The maximum atomic E-state index is 11.2. The molecule has 0 aromatic heterocycles. The summed E-state index contributed by atoms with van der Waals surface area (Å²) < 4.78 is 0. The average molecular weight is 198 g/mol. The fourth-order valence-electron chi connectivity index (χ4n) is 1.62. The lowest BCUT2D eigenvalue weighted by atomic mass is 9.87. The summed E-state index contributed by atoms with van der Waals surface area (Å²) in [6.45, 7) is 11.7. The molecule has 0 spiro atoms. The van der Waals surface area contributed by atoms with Crippen LogP contribution < -0.4 is 10.6 Å². The summed E-state index contributed by atoms with van der Waals surface area (Å²) in [5.41, 5.74) is -0.213. The molecule has 82 valence electrons. The first kappa shape index (κ1) is 13.2. The maximum Gasteiger partial charge on any atom is 0.243 e. The third-order valence-electron chi connectivity index (χ3n) is 2.21. The fourth-order valence-corrected chi connectivity index (χ4v) is 1.62. The Balaban J connectivity index is 4.33. The van der Waals surface area contributed by atoms with Crippen molar-refractivity contribution in [2.24, 2.45) is 0 Å². The van der Waals surface area contributed by atoms with Crippen molar-refractivity contribution in [3.05, 3.63) is 12.7 Å². The van der Waals surface area contributed by atoms with Crippen LogP contribution in [0.1, 0.15) is 34.1 Å². The van der Waals surface area contributed by atoms with Gasteiger partial charge in [-0.1, -0.05) is 6.58 Å². The van der Waals surface area contributed by atoms with E-state index in [1.54, 1.807) is 0 Å². The molecule has 0 fully saturated rings. The van der Waals surface area contributed by atoms with Gasteiger partial charge in [-0.2, -0.15) is 0 Å². The van der Waals surface area contributed by atoms with E-state index in [4.69, 9.17) is 0 Å². The van der Waals surface area contributed by atoms with Gasteiger partial charge in [-0.3, -0.25) is 4.79 Å². The van der Waals surface area contributed by atoms with E-state index in [0.29, 0.717) is 0 Å². The van der Waals surface area contributed by atoms with Gasteiger partial charge in [0.25, 0.3) is 0 Å². The average Bonchev–Trinajstić information content (AvgIpc) is 2.01. The third kappa shape index (κ3) is 5.02. The Morgan fingerprint density at radius 2 is 1.79 bits per heavy atom. The molecule has 0 aliphatic carbocycles. The second-order valence-electron chi connectivity index (χ2n) is 4.89. The van der Waals surface area contributed by atoms with E-state index in [1.807, 2.05) is 20.9 Å². The van der Waals surface area contributed by atoms with Crippen molar-refractivity contribution in [3.63, 3.8) is 0 Å². The van der Waals surface area contributed by atoms with Gasteiger partial charge in [0.15, 0.2) is 0 Å². The van der Waals surface area contributed by atoms with Crippen LogP contribution in [-0.4, -0.2) is 24.0 Å². The molecule has 14 heavy (non-hydrogen) atoms. The van der Waals surface area contributed by atoms with Crippen LogP contribution in [0, 0.1) is 0 Å². The lowest BCUT2D eigenvalue weighted by Crippen LogP contribution is -2.51. The molecule has 0 saturated heterocycles.